The lowest BCUT2D eigenvalue weighted by Gasteiger charge is -2.30. The molecule has 1 N–H and O–H groups in total. The third-order valence-electron chi connectivity index (χ3n) is 4.50. The fourth-order valence-corrected chi connectivity index (χ4v) is 3.08. The minimum atomic E-state index is 0.114. The smallest absolute Gasteiger partial charge is 0.242 e. The molecule has 0 unspecified atom stereocenters. The molecule has 23 heavy (non-hydrogen) atoms. The molecule has 1 aromatic carbocycles. The predicted molar refractivity (Wildman–Crippen MR) is 92.6 cm³/mol. The lowest BCUT2D eigenvalue weighted by atomic mass is 9.99. The molecule has 122 valence electrons. The molecular weight excluding hydrogens is 308 g/mol. The lowest BCUT2D eigenvalue weighted by molar-refractivity contribution is -0.133. The van der Waals surface area contributed by atoms with Crippen LogP contribution in [0, 0.1) is 17.6 Å². The number of likely N-dealkylation sites (tertiary alicyclic amines) is 1. The van der Waals surface area contributed by atoms with E-state index >= 15 is 0 Å². The molecule has 2 heterocycles. The van der Waals surface area contributed by atoms with Gasteiger partial charge >= 0.3 is 0 Å². The summed E-state index contributed by atoms with van der Waals surface area (Å²) in [6.07, 6.45) is 2.15. The van der Waals surface area contributed by atoms with Gasteiger partial charge in [0.2, 0.25) is 5.91 Å². The van der Waals surface area contributed by atoms with Gasteiger partial charge in [0.05, 0.1) is 0 Å². The largest absolute Gasteiger partial charge is 0.341 e. The van der Waals surface area contributed by atoms with Crippen LogP contribution in [0.3, 0.4) is 0 Å². The molecule has 1 aromatic heterocycles. The van der Waals surface area contributed by atoms with Crippen LogP contribution in [0.4, 0.5) is 0 Å². The van der Waals surface area contributed by atoms with Crippen molar-refractivity contribution in [3.05, 3.63) is 34.6 Å². The number of hydrogen-bond donors (Lipinski definition) is 1. The summed E-state index contributed by atoms with van der Waals surface area (Å²) >= 11 is 5.31. The Hall–Kier alpha value is -1.95. The quantitative estimate of drug-likeness (QED) is 0.880. The van der Waals surface area contributed by atoms with E-state index in [0.717, 1.165) is 31.5 Å². The summed E-state index contributed by atoms with van der Waals surface area (Å²) in [7, 11) is 0. The van der Waals surface area contributed by atoms with Gasteiger partial charge in [-0.1, -0.05) is 36.8 Å². The highest BCUT2D eigenvalue weighted by molar-refractivity contribution is 7.71. The van der Waals surface area contributed by atoms with E-state index in [1.54, 1.807) is 4.57 Å². The number of amides is 1. The van der Waals surface area contributed by atoms with Gasteiger partial charge in [0, 0.05) is 18.7 Å². The van der Waals surface area contributed by atoms with Gasteiger partial charge in [-0.2, -0.15) is 5.10 Å². The Balaban J connectivity index is 1.80. The molecule has 0 saturated carbocycles. The number of piperidine rings is 1. The molecule has 1 amide bonds. The second-order valence-electron chi connectivity index (χ2n) is 6.37. The van der Waals surface area contributed by atoms with Crippen molar-refractivity contribution in [3.63, 3.8) is 0 Å². The van der Waals surface area contributed by atoms with E-state index in [0.29, 0.717) is 16.5 Å². The van der Waals surface area contributed by atoms with Crippen LogP contribution in [0.1, 0.15) is 25.3 Å². The van der Waals surface area contributed by atoms with Crippen molar-refractivity contribution < 1.29 is 4.79 Å². The first-order chi connectivity index (χ1) is 11.0. The van der Waals surface area contributed by atoms with Crippen LogP contribution in [0.15, 0.2) is 24.3 Å². The van der Waals surface area contributed by atoms with Crippen molar-refractivity contribution in [1.82, 2.24) is 19.7 Å². The number of carbonyl (C=O) groups is 1. The van der Waals surface area contributed by atoms with Crippen molar-refractivity contribution in [2.75, 3.05) is 13.1 Å². The molecule has 3 rings (SSSR count). The Morgan fingerprint density at radius 1 is 1.30 bits per heavy atom. The maximum Gasteiger partial charge on any atom is 0.242 e. The standard InChI is InChI=1S/C17H22N4OS/c1-12-3-5-14(6-4-12)16-18-19-17(23)21(16)11-15(22)20-9-7-13(2)8-10-20/h3-6,13H,7-11H2,1-2H3,(H,19,23). The second kappa shape index (κ2) is 6.66. The van der Waals surface area contributed by atoms with Crippen molar-refractivity contribution in [1.29, 1.82) is 0 Å². The number of nitrogens with one attached hydrogen (secondary N) is 1. The number of carbonyl (C=O) groups excluding carboxylic acids is 1. The second-order valence-corrected chi connectivity index (χ2v) is 6.75. The molecule has 0 atom stereocenters. The van der Waals surface area contributed by atoms with Gasteiger partial charge in [-0.05, 0) is 37.9 Å². The summed E-state index contributed by atoms with van der Waals surface area (Å²) in [5.41, 5.74) is 2.15. The predicted octanol–water partition coefficient (Wildman–Crippen LogP) is 3.17. The molecule has 1 aliphatic rings. The molecule has 1 aliphatic heterocycles. The number of rotatable bonds is 3. The van der Waals surface area contributed by atoms with E-state index in [1.165, 1.54) is 5.56 Å². The zero-order valence-corrected chi connectivity index (χ0v) is 14.4. The minimum absolute atomic E-state index is 0.114. The van der Waals surface area contributed by atoms with Gasteiger partial charge in [-0.25, -0.2) is 0 Å². The molecular formula is C17H22N4OS. The Morgan fingerprint density at radius 2 is 1.96 bits per heavy atom. The third kappa shape index (κ3) is 3.52. The van der Waals surface area contributed by atoms with Gasteiger partial charge in [0.15, 0.2) is 10.6 Å². The molecule has 5 nitrogen and oxygen atoms in total. The molecule has 1 fully saturated rings. The van der Waals surface area contributed by atoms with Gasteiger partial charge in [-0.15, -0.1) is 0 Å². The third-order valence-corrected chi connectivity index (χ3v) is 4.81. The van der Waals surface area contributed by atoms with Crippen LogP contribution in [0.25, 0.3) is 11.4 Å². The fourth-order valence-electron chi connectivity index (χ4n) is 2.88. The van der Waals surface area contributed by atoms with E-state index in [4.69, 9.17) is 12.2 Å². The molecule has 0 bridgehead atoms. The molecule has 0 radical (unpaired) electrons. The number of aromatic amines is 1. The van der Waals surface area contributed by atoms with Gasteiger partial charge < -0.3 is 4.90 Å². The average molecular weight is 330 g/mol. The van der Waals surface area contributed by atoms with Crippen molar-refractivity contribution in [3.8, 4) is 11.4 Å². The highest BCUT2D eigenvalue weighted by Gasteiger charge is 2.21. The first-order valence-electron chi connectivity index (χ1n) is 8.04. The van der Waals surface area contributed by atoms with Crippen molar-refractivity contribution in [2.24, 2.45) is 5.92 Å². The summed E-state index contributed by atoms with van der Waals surface area (Å²) in [4.78, 5) is 14.5. The topological polar surface area (TPSA) is 53.9 Å². The van der Waals surface area contributed by atoms with E-state index in [9.17, 15) is 4.79 Å². The Labute approximate surface area is 141 Å². The maximum atomic E-state index is 12.6. The molecule has 1 saturated heterocycles. The van der Waals surface area contributed by atoms with E-state index < -0.39 is 0 Å². The molecule has 0 spiro atoms. The Bertz CT molecular complexity index is 739. The van der Waals surface area contributed by atoms with Crippen LogP contribution in [0.2, 0.25) is 0 Å². The highest BCUT2D eigenvalue weighted by Crippen LogP contribution is 2.20. The Kier molecular flexibility index (Phi) is 4.61. The summed E-state index contributed by atoms with van der Waals surface area (Å²) < 4.78 is 2.28. The van der Waals surface area contributed by atoms with Crippen LogP contribution >= 0.6 is 12.2 Å². The van der Waals surface area contributed by atoms with Crippen LogP contribution < -0.4 is 0 Å². The monoisotopic (exact) mass is 330 g/mol. The van der Waals surface area contributed by atoms with Crippen LogP contribution in [-0.4, -0.2) is 38.7 Å². The number of benzene rings is 1. The SMILES string of the molecule is Cc1ccc(-c2n[nH]c(=S)n2CC(=O)N2CCC(C)CC2)cc1. The number of aryl methyl sites for hydroxylation is 1. The number of H-pyrrole nitrogens is 1. The van der Waals surface area contributed by atoms with Gasteiger partial charge in [0.25, 0.3) is 0 Å². The first kappa shape index (κ1) is 15.9. The zero-order chi connectivity index (χ0) is 16.4. The fraction of sp³-hybridized carbons (Fsp3) is 0.471. The number of nitrogens with zero attached hydrogens (tertiary/aromatic N) is 3. The Morgan fingerprint density at radius 3 is 2.61 bits per heavy atom. The van der Waals surface area contributed by atoms with Crippen molar-refractivity contribution >= 4 is 18.1 Å². The molecule has 2 aromatic rings. The number of hydrogen-bond acceptors (Lipinski definition) is 3. The van der Waals surface area contributed by atoms with E-state index in [1.807, 2.05) is 36.1 Å². The van der Waals surface area contributed by atoms with Crippen molar-refractivity contribution in [2.45, 2.75) is 33.2 Å². The maximum absolute atomic E-state index is 12.6. The van der Waals surface area contributed by atoms with Crippen LogP contribution in [0.5, 0.6) is 0 Å². The minimum Gasteiger partial charge on any atom is -0.341 e. The lowest BCUT2D eigenvalue weighted by Crippen LogP contribution is -2.39. The van der Waals surface area contributed by atoms with Gasteiger partial charge in [-0.3, -0.25) is 14.5 Å². The normalized spacial score (nSPS) is 15.8. The summed E-state index contributed by atoms with van der Waals surface area (Å²) in [6, 6.07) is 8.07. The summed E-state index contributed by atoms with van der Waals surface area (Å²) in [5.74, 6) is 1.54. The van der Waals surface area contributed by atoms with Gasteiger partial charge in [0.1, 0.15) is 6.54 Å². The molecule has 0 aliphatic carbocycles. The summed E-state index contributed by atoms with van der Waals surface area (Å²) in [5, 5.41) is 7.11. The van der Waals surface area contributed by atoms with E-state index in [-0.39, 0.29) is 12.5 Å². The highest BCUT2D eigenvalue weighted by atomic mass is 32.1. The molecule has 6 heteroatoms. The summed E-state index contributed by atoms with van der Waals surface area (Å²) in [6.45, 7) is 6.20. The van der Waals surface area contributed by atoms with Crippen LogP contribution in [-0.2, 0) is 11.3 Å². The average Bonchev–Trinajstić information content (AvgIpc) is 2.90. The first-order valence-corrected chi connectivity index (χ1v) is 8.45. The van der Waals surface area contributed by atoms with E-state index in [2.05, 4.69) is 17.1 Å². The number of aromatic nitrogens is 3. The zero-order valence-electron chi connectivity index (χ0n) is 13.6.